The van der Waals surface area contributed by atoms with E-state index in [0.29, 0.717) is 5.69 Å². The summed E-state index contributed by atoms with van der Waals surface area (Å²) in [6.45, 7) is 7.36. The number of rotatable bonds is 4. The Labute approximate surface area is 117 Å². The number of hydrogen-bond donors (Lipinski definition) is 2. The van der Waals surface area contributed by atoms with Crippen LogP contribution in [-0.2, 0) is 0 Å². The summed E-state index contributed by atoms with van der Waals surface area (Å²) in [5.74, 6) is -0.452. The fraction of sp³-hybridized carbons (Fsp3) is 0. The molecule has 0 saturated heterocycles. The number of phenols is 1. The average Bonchev–Trinajstić information content (AvgIpc) is 2.47. The Hall–Kier alpha value is -2.81. The van der Waals surface area contributed by atoms with Gasteiger partial charge in [0, 0.05) is 5.69 Å². The maximum Gasteiger partial charge on any atom is 0.259 e. The van der Waals surface area contributed by atoms with E-state index in [2.05, 4.69) is 18.5 Å². The van der Waals surface area contributed by atoms with E-state index in [1.807, 2.05) is 18.2 Å². The SMILES string of the molecule is C=Cc1cc(O)c(C(=O)Nc2ccccc2)cc1C=C. The predicted molar refractivity (Wildman–Crippen MR) is 82.7 cm³/mol. The molecule has 2 aromatic carbocycles. The lowest BCUT2D eigenvalue weighted by Gasteiger charge is -2.10. The molecule has 0 bridgehead atoms. The number of nitrogens with one attached hydrogen (secondary N) is 1. The van der Waals surface area contributed by atoms with Gasteiger partial charge in [0.2, 0.25) is 0 Å². The van der Waals surface area contributed by atoms with Gasteiger partial charge in [0.25, 0.3) is 5.91 Å². The molecule has 1 amide bonds. The van der Waals surface area contributed by atoms with Gasteiger partial charge in [-0.1, -0.05) is 43.5 Å². The lowest BCUT2D eigenvalue weighted by atomic mass is 10.0. The lowest BCUT2D eigenvalue weighted by molar-refractivity contribution is 0.102. The number of carbonyl (C=O) groups is 1. The van der Waals surface area contributed by atoms with Crippen LogP contribution in [-0.4, -0.2) is 11.0 Å². The Balaban J connectivity index is 2.35. The molecular formula is C17H15NO2. The number of aromatic hydroxyl groups is 1. The van der Waals surface area contributed by atoms with Gasteiger partial charge in [-0.05, 0) is 35.4 Å². The van der Waals surface area contributed by atoms with Crippen molar-refractivity contribution >= 4 is 23.7 Å². The second-order valence-electron chi connectivity index (χ2n) is 4.23. The van der Waals surface area contributed by atoms with Crippen molar-refractivity contribution in [2.24, 2.45) is 0 Å². The minimum atomic E-state index is -0.368. The molecule has 3 heteroatoms. The fourth-order valence-corrected chi connectivity index (χ4v) is 1.88. The smallest absolute Gasteiger partial charge is 0.259 e. The van der Waals surface area contributed by atoms with Crippen molar-refractivity contribution in [2.75, 3.05) is 5.32 Å². The van der Waals surface area contributed by atoms with Crippen LogP contribution in [0.1, 0.15) is 21.5 Å². The largest absolute Gasteiger partial charge is 0.507 e. The summed E-state index contributed by atoms with van der Waals surface area (Å²) in [6, 6.07) is 12.2. The van der Waals surface area contributed by atoms with Crippen LogP contribution in [0.4, 0.5) is 5.69 Å². The Morgan fingerprint density at radius 3 is 2.25 bits per heavy atom. The Morgan fingerprint density at radius 2 is 1.65 bits per heavy atom. The van der Waals surface area contributed by atoms with E-state index in [4.69, 9.17) is 0 Å². The fourth-order valence-electron chi connectivity index (χ4n) is 1.88. The number of hydrogen-bond acceptors (Lipinski definition) is 2. The number of carbonyl (C=O) groups excluding carboxylic acids is 1. The number of phenolic OH excluding ortho intramolecular Hbond substituents is 1. The molecule has 0 saturated carbocycles. The monoisotopic (exact) mass is 265 g/mol. The van der Waals surface area contributed by atoms with Crippen molar-refractivity contribution < 1.29 is 9.90 Å². The zero-order valence-electron chi connectivity index (χ0n) is 11.0. The molecule has 20 heavy (non-hydrogen) atoms. The van der Waals surface area contributed by atoms with Gasteiger partial charge in [-0.15, -0.1) is 0 Å². The first-order valence-corrected chi connectivity index (χ1v) is 6.14. The molecule has 0 fully saturated rings. The van der Waals surface area contributed by atoms with Gasteiger partial charge in [0.05, 0.1) is 5.56 Å². The third-order valence-corrected chi connectivity index (χ3v) is 2.92. The van der Waals surface area contributed by atoms with Crippen molar-refractivity contribution in [3.8, 4) is 5.75 Å². The summed E-state index contributed by atoms with van der Waals surface area (Å²) in [7, 11) is 0. The third kappa shape index (κ3) is 2.78. The first kappa shape index (κ1) is 13.6. The van der Waals surface area contributed by atoms with E-state index in [9.17, 15) is 9.90 Å². The maximum atomic E-state index is 12.2. The summed E-state index contributed by atoms with van der Waals surface area (Å²) < 4.78 is 0. The van der Waals surface area contributed by atoms with Gasteiger partial charge >= 0.3 is 0 Å². The predicted octanol–water partition coefficient (Wildman–Crippen LogP) is 3.93. The highest BCUT2D eigenvalue weighted by Gasteiger charge is 2.13. The molecule has 2 rings (SSSR count). The van der Waals surface area contributed by atoms with Gasteiger partial charge < -0.3 is 10.4 Å². The van der Waals surface area contributed by atoms with Crippen LogP contribution in [0, 0.1) is 0 Å². The Bertz CT molecular complexity index is 660. The van der Waals surface area contributed by atoms with Gasteiger partial charge in [0.15, 0.2) is 0 Å². The molecular weight excluding hydrogens is 250 g/mol. The maximum absolute atomic E-state index is 12.2. The van der Waals surface area contributed by atoms with Crippen LogP contribution in [0.3, 0.4) is 0 Å². The minimum Gasteiger partial charge on any atom is -0.507 e. The number of para-hydroxylation sites is 1. The highest BCUT2D eigenvalue weighted by Crippen LogP contribution is 2.25. The first-order chi connectivity index (χ1) is 9.65. The minimum absolute atomic E-state index is 0.0843. The average molecular weight is 265 g/mol. The topological polar surface area (TPSA) is 49.3 Å². The molecule has 2 aromatic rings. The van der Waals surface area contributed by atoms with E-state index in [1.165, 1.54) is 6.07 Å². The summed E-state index contributed by atoms with van der Waals surface area (Å²) in [5, 5.41) is 12.7. The van der Waals surface area contributed by atoms with E-state index < -0.39 is 0 Å². The van der Waals surface area contributed by atoms with Gasteiger partial charge in [-0.2, -0.15) is 0 Å². The molecule has 0 aliphatic heterocycles. The normalized spacial score (nSPS) is 9.80. The molecule has 0 atom stereocenters. The number of benzene rings is 2. The van der Waals surface area contributed by atoms with E-state index in [-0.39, 0.29) is 17.2 Å². The molecule has 0 spiro atoms. The Morgan fingerprint density at radius 1 is 1.05 bits per heavy atom. The molecule has 2 N–H and O–H groups in total. The van der Waals surface area contributed by atoms with Crippen LogP contribution >= 0.6 is 0 Å². The second-order valence-corrected chi connectivity index (χ2v) is 4.23. The first-order valence-electron chi connectivity index (χ1n) is 6.14. The van der Waals surface area contributed by atoms with Crippen molar-refractivity contribution in [1.29, 1.82) is 0 Å². The summed E-state index contributed by atoms with van der Waals surface area (Å²) in [4.78, 5) is 12.2. The van der Waals surface area contributed by atoms with Crippen molar-refractivity contribution in [3.05, 3.63) is 72.3 Å². The number of anilines is 1. The number of amides is 1. The van der Waals surface area contributed by atoms with Gasteiger partial charge in [0.1, 0.15) is 5.75 Å². The van der Waals surface area contributed by atoms with E-state index in [0.717, 1.165) is 11.1 Å². The van der Waals surface area contributed by atoms with Crippen LogP contribution in [0.15, 0.2) is 55.6 Å². The van der Waals surface area contributed by atoms with Crippen LogP contribution in [0.5, 0.6) is 5.75 Å². The zero-order chi connectivity index (χ0) is 14.5. The summed E-state index contributed by atoms with van der Waals surface area (Å²) >= 11 is 0. The molecule has 0 aromatic heterocycles. The zero-order valence-corrected chi connectivity index (χ0v) is 11.0. The summed E-state index contributed by atoms with van der Waals surface area (Å²) in [6.07, 6.45) is 3.23. The van der Waals surface area contributed by atoms with Crippen LogP contribution in [0.2, 0.25) is 0 Å². The third-order valence-electron chi connectivity index (χ3n) is 2.92. The van der Waals surface area contributed by atoms with Crippen LogP contribution in [0.25, 0.3) is 12.2 Å². The molecule has 0 unspecified atom stereocenters. The lowest BCUT2D eigenvalue weighted by Crippen LogP contribution is -2.12. The molecule has 0 aliphatic carbocycles. The van der Waals surface area contributed by atoms with Crippen molar-refractivity contribution in [2.45, 2.75) is 0 Å². The second kappa shape index (κ2) is 5.89. The Kier molecular flexibility index (Phi) is 4.01. The van der Waals surface area contributed by atoms with Gasteiger partial charge in [-0.25, -0.2) is 0 Å². The molecule has 0 aliphatic rings. The molecule has 3 nitrogen and oxygen atoms in total. The molecule has 0 radical (unpaired) electrons. The van der Waals surface area contributed by atoms with Gasteiger partial charge in [-0.3, -0.25) is 4.79 Å². The molecule has 100 valence electrons. The van der Waals surface area contributed by atoms with Crippen molar-refractivity contribution in [1.82, 2.24) is 0 Å². The van der Waals surface area contributed by atoms with Crippen LogP contribution < -0.4 is 5.32 Å². The van der Waals surface area contributed by atoms with E-state index in [1.54, 1.807) is 30.4 Å². The quantitative estimate of drug-likeness (QED) is 0.880. The van der Waals surface area contributed by atoms with E-state index >= 15 is 0 Å². The van der Waals surface area contributed by atoms with Crippen molar-refractivity contribution in [3.63, 3.8) is 0 Å². The molecule has 0 heterocycles. The standard InChI is InChI=1S/C17H15NO2/c1-3-12-10-15(16(19)11-13(12)4-2)17(20)18-14-8-6-5-7-9-14/h3-11,19H,1-2H2,(H,18,20). The highest BCUT2D eigenvalue weighted by molar-refractivity contribution is 6.06. The highest BCUT2D eigenvalue weighted by atomic mass is 16.3. The summed E-state index contributed by atoms with van der Waals surface area (Å²) in [5.41, 5.74) is 2.35.